The van der Waals surface area contributed by atoms with Gasteiger partial charge in [0, 0.05) is 0 Å². The molecule has 0 spiro atoms. The molecule has 1 aliphatic heterocycles. The predicted molar refractivity (Wildman–Crippen MR) is 275 cm³/mol. The fourth-order valence-corrected chi connectivity index (χ4v) is 8.65. The van der Waals surface area contributed by atoms with Gasteiger partial charge in [-0.1, -0.05) is 197 Å². The van der Waals surface area contributed by atoms with Crippen molar-refractivity contribution in [1.82, 2.24) is 5.32 Å². The topological polar surface area (TPSA) is 189 Å². The first kappa shape index (κ1) is 63.1. The molecule has 1 fully saturated rings. The molecule has 0 aromatic carbocycles. The molecule has 67 heavy (non-hydrogen) atoms. The third-order valence-corrected chi connectivity index (χ3v) is 13.2. The lowest BCUT2D eigenvalue weighted by atomic mass is 9.98. The first-order chi connectivity index (χ1) is 32.7. The van der Waals surface area contributed by atoms with Crippen molar-refractivity contribution >= 4 is 5.91 Å². The molecule has 0 bridgehead atoms. The molecule has 0 aliphatic carbocycles. The molecule has 1 aliphatic rings. The molecule has 11 nitrogen and oxygen atoms in total. The monoisotopic (exact) mass is 950 g/mol. The van der Waals surface area contributed by atoms with Gasteiger partial charge in [0.2, 0.25) is 5.91 Å². The van der Waals surface area contributed by atoms with Crippen molar-refractivity contribution in [2.24, 2.45) is 0 Å². The molecular formula is C56H103NO10. The lowest BCUT2D eigenvalue weighted by Gasteiger charge is -2.40. The number of nitrogens with one attached hydrogen (secondary N) is 1. The molecule has 0 saturated carbocycles. The molecule has 11 heteroatoms. The molecule has 1 rings (SSSR count). The fourth-order valence-electron chi connectivity index (χ4n) is 8.65. The molecule has 0 aromatic rings. The van der Waals surface area contributed by atoms with E-state index in [9.17, 15) is 40.5 Å². The van der Waals surface area contributed by atoms with Crippen molar-refractivity contribution < 1.29 is 50.0 Å². The van der Waals surface area contributed by atoms with Crippen LogP contribution in [0.15, 0.2) is 48.6 Å². The van der Waals surface area contributed by atoms with Crippen molar-refractivity contribution in [1.29, 1.82) is 0 Å². The molecule has 9 atom stereocenters. The van der Waals surface area contributed by atoms with Crippen LogP contribution in [0.1, 0.15) is 232 Å². The van der Waals surface area contributed by atoms with Crippen LogP contribution >= 0.6 is 0 Å². The summed E-state index contributed by atoms with van der Waals surface area (Å²) in [4.78, 5) is 13.1. The molecule has 9 unspecified atom stereocenters. The summed E-state index contributed by atoms with van der Waals surface area (Å²) in [6.07, 6.45) is 44.9. The maximum absolute atomic E-state index is 13.1. The van der Waals surface area contributed by atoms with Gasteiger partial charge >= 0.3 is 0 Å². The Morgan fingerprint density at radius 2 is 0.955 bits per heavy atom. The van der Waals surface area contributed by atoms with E-state index in [1.54, 1.807) is 0 Å². The number of carbonyl (C=O) groups is 1. The van der Waals surface area contributed by atoms with Crippen molar-refractivity contribution in [3.8, 4) is 0 Å². The van der Waals surface area contributed by atoms with Crippen molar-refractivity contribution in [3.63, 3.8) is 0 Å². The number of rotatable bonds is 46. The number of ether oxygens (including phenoxy) is 2. The number of allylic oxidation sites excluding steroid dienone is 8. The molecule has 8 N–H and O–H groups in total. The number of amides is 1. The Kier molecular flexibility index (Phi) is 42.6. The van der Waals surface area contributed by atoms with E-state index in [-0.39, 0.29) is 12.8 Å². The van der Waals surface area contributed by atoms with Crippen LogP contribution in [-0.2, 0) is 14.3 Å². The third kappa shape index (κ3) is 34.1. The van der Waals surface area contributed by atoms with E-state index in [0.29, 0.717) is 19.3 Å². The maximum Gasteiger partial charge on any atom is 0.249 e. The number of hydrogen-bond acceptors (Lipinski definition) is 10. The second-order valence-corrected chi connectivity index (χ2v) is 19.3. The minimum absolute atomic E-state index is 0.239. The molecule has 0 aromatic heterocycles. The van der Waals surface area contributed by atoms with Crippen LogP contribution in [0.25, 0.3) is 0 Å². The Morgan fingerprint density at radius 3 is 1.42 bits per heavy atom. The summed E-state index contributed by atoms with van der Waals surface area (Å²) < 4.78 is 11.1. The highest BCUT2D eigenvalue weighted by Crippen LogP contribution is 2.23. The summed E-state index contributed by atoms with van der Waals surface area (Å²) in [7, 11) is 0. The highest BCUT2D eigenvalue weighted by Gasteiger charge is 2.44. The van der Waals surface area contributed by atoms with Gasteiger partial charge in [0.15, 0.2) is 6.29 Å². The third-order valence-electron chi connectivity index (χ3n) is 13.2. The average Bonchev–Trinajstić information content (AvgIpc) is 3.33. The Bertz CT molecular complexity index is 1230. The second kappa shape index (κ2) is 45.2. The smallest absolute Gasteiger partial charge is 0.249 e. The Morgan fingerprint density at radius 1 is 0.537 bits per heavy atom. The summed E-state index contributed by atoms with van der Waals surface area (Å²) in [5, 5.41) is 75.8. The number of aliphatic hydroxyl groups excluding tert-OH is 7. The molecule has 1 amide bonds. The second-order valence-electron chi connectivity index (χ2n) is 19.3. The molecule has 1 heterocycles. The van der Waals surface area contributed by atoms with Crippen LogP contribution < -0.4 is 5.32 Å². The van der Waals surface area contributed by atoms with Crippen LogP contribution in [0.3, 0.4) is 0 Å². The van der Waals surface area contributed by atoms with Crippen LogP contribution in [0.5, 0.6) is 0 Å². The van der Waals surface area contributed by atoms with E-state index >= 15 is 0 Å². The SMILES string of the molecule is C/C=C/CC/C=C/CC/C=C/CCCC(O)C(O)C(COC1OC(CO)C(O)C(O)C1O)NC(=O)C(O)CCCCCCCCCCCCCC/C=C\CCCCCCCCCCCCCC. The van der Waals surface area contributed by atoms with Gasteiger partial charge < -0.3 is 50.5 Å². The first-order valence-electron chi connectivity index (χ1n) is 27.5. The van der Waals surface area contributed by atoms with E-state index in [2.05, 4.69) is 54.8 Å². The lowest BCUT2D eigenvalue weighted by Crippen LogP contribution is -2.60. The van der Waals surface area contributed by atoms with Gasteiger partial charge in [-0.2, -0.15) is 0 Å². The number of aliphatic hydroxyl groups is 7. The van der Waals surface area contributed by atoms with Crippen molar-refractivity contribution in [3.05, 3.63) is 48.6 Å². The van der Waals surface area contributed by atoms with Gasteiger partial charge in [0.25, 0.3) is 0 Å². The van der Waals surface area contributed by atoms with Crippen LogP contribution in [0, 0.1) is 0 Å². The average molecular weight is 950 g/mol. The number of carbonyl (C=O) groups excluding carboxylic acids is 1. The fraction of sp³-hybridized carbons (Fsp3) is 0.839. The molecule has 1 saturated heterocycles. The van der Waals surface area contributed by atoms with Crippen molar-refractivity contribution in [2.75, 3.05) is 13.2 Å². The Balaban J connectivity index is 2.26. The van der Waals surface area contributed by atoms with E-state index in [4.69, 9.17) is 9.47 Å². The zero-order chi connectivity index (χ0) is 49.0. The zero-order valence-electron chi connectivity index (χ0n) is 42.6. The van der Waals surface area contributed by atoms with Crippen LogP contribution in [0.4, 0.5) is 0 Å². The van der Waals surface area contributed by atoms with Gasteiger partial charge in [-0.25, -0.2) is 0 Å². The lowest BCUT2D eigenvalue weighted by molar-refractivity contribution is -0.303. The summed E-state index contributed by atoms with van der Waals surface area (Å²) in [6, 6.07) is -1.19. The van der Waals surface area contributed by atoms with Gasteiger partial charge in [-0.15, -0.1) is 0 Å². The maximum atomic E-state index is 13.1. The summed E-state index contributed by atoms with van der Waals surface area (Å²) in [5.74, 6) is -0.714. The highest BCUT2D eigenvalue weighted by molar-refractivity contribution is 5.80. The standard InChI is InChI=1S/C56H103NO10/c1-3-5-7-9-11-13-15-17-18-19-20-21-22-23-24-25-26-27-28-29-30-31-32-34-36-38-40-42-44-49(60)55(65)57-47(46-66-56-54(64)53(63)52(62)50(45-58)67-56)51(61)48(59)43-41-39-37-35-33-16-14-12-10-8-6-4-2/h4,6,12,14,23-24,35,37,47-54,56,58-64H,3,5,7-11,13,15-22,25-34,36,38-46H2,1-2H3,(H,57,65)/b6-4+,14-12+,24-23-,37-35+. The first-order valence-corrected chi connectivity index (χ1v) is 27.5. The summed E-state index contributed by atoms with van der Waals surface area (Å²) in [5.41, 5.74) is 0. The molecule has 0 radical (unpaired) electrons. The largest absolute Gasteiger partial charge is 0.394 e. The van der Waals surface area contributed by atoms with E-state index in [1.165, 1.54) is 141 Å². The normalized spacial score (nSPS) is 21.0. The molecular weight excluding hydrogens is 847 g/mol. The number of hydrogen-bond donors (Lipinski definition) is 8. The van der Waals surface area contributed by atoms with Gasteiger partial charge in [-0.05, 0) is 84.0 Å². The van der Waals surface area contributed by atoms with E-state index < -0.39 is 74.2 Å². The Hall–Kier alpha value is -1.93. The van der Waals surface area contributed by atoms with E-state index in [1.807, 2.05) is 13.0 Å². The summed E-state index contributed by atoms with van der Waals surface area (Å²) in [6.45, 7) is 3.21. The summed E-state index contributed by atoms with van der Waals surface area (Å²) >= 11 is 0. The quantitative estimate of drug-likeness (QED) is 0.0215. The van der Waals surface area contributed by atoms with Crippen LogP contribution in [0.2, 0.25) is 0 Å². The number of unbranched alkanes of at least 4 members (excludes halogenated alkanes) is 27. The van der Waals surface area contributed by atoms with Crippen LogP contribution in [-0.4, -0.2) is 110 Å². The molecule has 392 valence electrons. The minimum atomic E-state index is -1.67. The van der Waals surface area contributed by atoms with E-state index in [0.717, 1.165) is 44.9 Å². The van der Waals surface area contributed by atoms with Crippen molar-refractivity contribution in [2.45, 2.75) is 287 Å². The minimum Gasteiger partial charge on any atom is -0.394 e. The van der Waals surface area contributed by atoms with Gasteiger partial charge in [-0.3, -0.25) is 4.79 Å². The Labute approximate surface area is 409 Å². The zero-order valence-corrected chi connectivity index (χ0v) is 42.6. The van der Waals surface area contributed by atoms with Gasteiger partial charge in [0.05, 0.1) is 25.4 Å². The van der Waals surface area contributed by atoms with Gasteiger partial charge in [0.1, 0.15) is 36.6 Å². The highest BCUT2D eigenvalue weighted by atomic mass is 16.7. The predicted octanol–water partition coefficient (Wildman–Crippen LogP) is 10.9.